The molecule has 2 radical (unpaired) electrons. The van der Waals surface area contributed by atoms with E-state index in [0.717, 1.165) is 6.07 Å². The van der Waals surface area contributed by atoms with Crippen molar-refractivity contribution in [3.05, 3.63) is 29.2 Å². The first kappa shape index (κ1) is 10.3. The Labute approximate surface area is 82.0 Å². The Morgan fingerprint density at radius 1 is 1.50 bits per heavy atom. The molecular formula is C9H8BFN2O. The summed E-state index contributed by atoms with van der Waals surface area (Å²) in [5.41, 5.74) is 11.1. The third-order valence-corrected chi connectivity index (χ3v) is 1.64. The Balaban J connectivity index is 3.27. The fourth-order valence-corrected chi connectivity index (χ4v) is 0.994. The third kappa shape index (κ3) is 2.13. The van der Waals surface area contributed by atoms with E-state index in [1.165, 1.54) is 12.1 Å². The molecule has 5 heteroatoms. The van der Waals surface area contributed by atoms with Crippen LogP contribution >= 0.6 is 0 Å². The highest BCUT2D eigenvalue weighted by molar-refractivity contribution is 6.32. The largest absolute Gasteiger partial charge is 0.396 e. The van der Waals surface area contributed by atoms with E-state index < -0.39 is 5.82 Å². The summed E-state index contributed by atoms with van der Waals surface area (Å²) in [6.07, 6.45) is 1.71. The fraction of sp³-hybridized carbons (Fsp3) is 0. The molecule has 70 valence electrons. The van der Waals surface area contributed by atoms with Gasteiger partial charge in [0.2, 0.25) is 0 Å². The Hall–Kier alpha value is -1.78. The highest BCUT2D eigenvalue weighted by Gasteiger charge is 2.04. The maximum absolute atomic E-state index is 13.0. The first-order valence-corrected chi connectivity index (χ1v) is 3.81. The van der Waals surface area contributed by atoms with Crippen molar-refractivity contribution in [3.8, 4) is 0 Å². The minimum absolute atomic E-state index is 0.0401. The van der Waals surface area contributed by atoms with Crippen LogP contribution in [-0.4, -0.2) is 14.1 Å². The molecule has 0 aromatic heterocycles. The van der Waals surface area contributed by atoms with Gasteiger partial charge in [-0.3, -0.25) is 4.79 Å². The summed E-state index contributed by atoms with van der Waals surface area (Å²) in [5, 5.41) is 0. The number of anilines is 1. The molecule has 4 N–H and O–H groups in total. The predicted molar refractivity (Wildman–Crippen MR) is 54.4 cm³/mol. The summed E-state index contributed by atoms with van der Waals surface area (Å²) >= 11 is 0. The van der Waals surface area contributed by atoms with E-state index in [0.29, 0.717) is 11.8 Å². The van der Waals surface area contributed by atoms with Gasteiger partial charge in [0.05, 0.1) is 11.4 Å². The van der Waals surface area contributed by atoms with Crippen molar-refractivity contribution in [1.82, 2.24) is 0 Å². The number of carbonyl (C=O) groups is 1. The molecule has 0 aliphatic carbocycles. The second-order valence-corrected chi connectivity index (χ2v) is 2.77. The maximum atomic E-state index is 13.0. The predicted octanol–water partition coefficient (Wildman–Crippen LogP) is -0.300. The van der Waals surface area contributed by atoms with Gasteiger partial charge < -0.3 is 11.5 Å². The molecule has 1 aromatic carbocycles. The minimum Gasteiger partial charge on any atom is -0.396 e. The first-order valence-electron chi connectivity index (χ1n) is 3.81. The van der Waals surface area contributed by atoms with Crippen LogP contribution in [0.5, 0.6) is 0 Å². The second-order valence-electron chi connectivity index (χ2n) is 2.77. The average molecular weight is 190 g/mol. The molecule has 0 spiro atoms. The van der Waals surface area contributed by atoms with Crippen LogP contribution in [0.4, 0.5) is 10.1 Å². The maximum Gasteiger partial charge on any atom is 0.165 e. The van der Waals surface area contributed by atoms with Crippen molar-refractivity contribution >= 4 is 31.4 Å². The molecule has 0 aliphatic heterocycles. The van der Waals surface area contributed by atoms with Crippen molar-refractivity contribution in [2.45, 2.75) is 0 Å². The number of allylic oxidation sites excluding steroid dienone is 1. The van der Waals surface area contributed by atoms with Crippen molar-refractivity contribution < 1.29 is 9.18 Å². The number of rotatable bonds is 2. The summed E-state index contributed by atoms with van der Waals surface area (Å²) in [7, 11) is 5.39. The van der Waals surface area contributed by atoms with Crippen molar-refractivity contribution in [1.29, 1.82) is 0 Å². The van der Waals surface area contributed by atoms with E-state index in [4.69, 9.17) is 19.3 Å². The minimum atomic E-state index is -0.630. The standard InChI is InChI=1S/C9H8BFN2O/c10-6-1-5(2-7(12)4-14)9(13)8(11)3-6/h1-4H,12-13H2/b7-2-. The van der Waals surface area contributed by atoms with Crippen LogP contribution in [-0.2, 0) is 4.79 Å². The van der Waals surface area contributed by atoms with E-state index >= 15 is 0 Å². The zero-order chi connectivity index (χ0) is 10.7. The molecule has 0 amide bonds. The molecular weight excluding hydrogens is 182 g/mol. The smallest absolute Gasteiger partial charge is 0.165 e. The Bertz CT molecular complexity index is 404. The van der Waals surface area contributed by atoms with Crippen LogP contribution in [0.1, 0.15) is 5.56 Å². The van der Waals surface area contributed by atoms with Crippen LogP contribution in [0.25, 0.3) is 6.08 Å². The average Bonchev–Trinajstić information content (AvgIpc) is 2.13. The number of nitrogens with two attached hydrogens (primary N) is 2. The lowest BCUT2D eigenvalue weighted by Crippen LogP contribution is -2.08. The van der Waals surface area contributed by atoms with Crippen LogP contribution in [0, 0.1) is 5.82 Å². The van der Waals surface area contributed by atoms with Gasteiger partial charge >= 0.3 is 0 Å². The number of benzene rings is 1. The van der Waals surface area contributed by atoms with Crippen LogP contribution in [0.3, 0.4) is 0 Å². The van der Waals surface area contributed by atoms with Crippen LogP contribution in [0.2, 0.25) is 0 Å². The molecule has 0 atom stereocenters. The third-order valence-electron chi connectivity index (χ3n) is 1.64. The molecule has 1 aromatic rings. The number of carbonyl (C=O) groups excluding carboxylic acids is 1. The van der Waals surface area contributed by atoms with Gasteiger partial charge in [0.1, 0.15) is 13.7 Å². The van der Waals surface area contributed by atoms with Crippen molar-refractivity contribution in [2.75, 3.05) is 5.73 Å². The van der Waals surface area contributed by atoms with Gasteiger partial charge in [0.25, 0.3) is 0 Å². The zero-order valence-electron chi connectivity index (χ0n) is 7.33. The van der Waals surface area contributed by atoms with E-state index in [1.54, 1.807) is 0 Å². The Morgan fingerprint density at radius 3 is 2.71 bits per heavy atom. The summed E-state index contributed by atoms with van der Waals surface area (Å²) in [6, 6.07) is 2.54. The SMILES string of the molecule is [B]c1cc(F)c(N)c(/C=C(\N)C=O)c1. The molecule has 0 bridgehead atoms. The Morgan fingerprint density at radius 2 is 2.14 bits per heavy atom. The lowest BCUT2D eigenvalue weighted by Gasteiger charge is -2.04. The Kier molecular flexibility index (Phi) is 2.91. The van der Waals surface area contributed by atoms with Gasteiger partial charge in [-0.25, -0.2) is 4.39 Å². The van der Waals surface area contributed by atoms with Gasteiger partial charge in [0.15, 0.2) is 6.29 Å². The molecule has 14 heavy (non-hydrogen) atoms. The lowest BCUT2D eigenvalue weighted by molar-refractivity contribution is -0.104. The van der Waals surface area contributed by atoms with E-state index in [2.05, 4.69) is 0 Å². The highest BCUT2D eigenvalue weighted by atomic mass is 19.1. The summed E-state index contributed by atoms with van der Waals surface area (Å²) in [5.74, 6) is -0.630. The summed E-state index contributed by atoms with van der Waals surface area (Å²) < 4.78 is 13.0. The normalized spacial score (nSPS) is 11.4. The van der Waals surface area contributed by atoms with Crippen LogP contribution < -0.4 is 16.9 Å². The van der Waals surface area contributed by atoms with Gasteiger partial charge in [-0.1, -0.05) is 11.5 Å². The van der Waals surface area contributed by atoms with Crippen LogP contribution in [0.15, 0.2) is 17.8 Å². The van der Waals surface area contributed by atoms with Gasteiger partial charge in [-0.15, -0.1) is 0 Å². The molecule has 3 nitrogen and oxygen atoms in total. The number of hydrogen-bond donors (Lipinski definition) is 2. The zero-order valence-corrected chi connectivity index (χ0v) is 7.33. The summed E-state index contributed by atoms with van der Waals surface area (Å²) in [4.78, 5) is 10.2. The van der Waals surface area contributed by atoms with Gasteiger partial charge in [-0.2, -0.15) is 0 Å². The topological polar surface area (TPSA) is 69.1 Å². The van der Waals surface area contributed by atoms with Gasteiger partial charge in [-0.05, 0) is 12.1 Å². The number of halogens is 1. The quantitative estimate of drug-likeness (QED) is 0.291. The van der Waals surface area contributed by atoms with Gasteiger partial charge in [0, 0.05) is 5.56 Å². The molecule has 0 unspecified atom stereocenters. The second kappa shape index (κ2) is 3.96. The molecule has 0 saturated heterocycles. The van der Waals surface area contributed by atoms with E-state index in [-0.39, 0.29) is 16.8 Å². The monoisotopic (exact) mass is 190 g/mol. The molecule has 0 fully saturated rings. The van der Waals surface area contributed by atoms with Crippen molar-refractivity contribution in [2.24, 2.45) is 5.73 Å². The summed E-state index contributed by atoms with van der Waals surface area (Å²) in [6.45, 7) is 0. The van der Waals surface area contributed by atoms with Crippen molar-refractivity contribution in [3.63, 3.8) is 0 Å². The number of hydrogen-bond acceptors (Lipinski definition) is 3. The number of aldehydes is 1. The molecule has 0 aliphatic rings. The molecule has 1 rings (SSSR count). The highest BCUT2D eigenvalue weighted by Crippen LogP contribution is 2.16. The molecule has 0 saturated carbocycles. The van der Waals surface area contributed by atoms with E-state index in [9.17, 15) is 9.18 Å². The molecule has 0 heterocycles. The van der Waals surface area contributed by atoms with E-state index in [1.807, 2.05) is 0 Å². The number of nitrogen functional groups attached to an aromatic ring is 1. The lowest BCUT2D eigenvalue weighted by atomic mass is 9.93. The first-order chi connectivity index (χ1) is 6.54. The fourth-order valence-electron chi connectivity index (χ4n) is 0.994.